The van der Waals surface area contributed by atoms with Crippen molar-refractivity contribution in [3.8, 4) is 0 Å². The average Bonchev–Trinajstić information content (AvgIpc) is 2.60. The maximum absolute atomic E-state index is 13.5. The molecule has 10 heteroatoms. The van der Waals surface area contributed by atoms with E-state index in [1.165, 1.54) is 12.2 Å². The number of amides is 1. The minimum atomic E-state index is -4.98. The quantitative estimate of drug-likeness (QED) is 0.521. The monoisotopic (exact) mass is 454 g/mol. The Morgan fingerprint density at radius 3 is 2.55 bits per heavy atom. The molecule has 0 aromatic heterocycles. The van der Waals surface area contributed by atoms with Gasteiger partial charge >= 0.3 is 6.36 Å². The van der Waals surface area contributed by atoms with E-state index in [2.05, 4.69) is 15.4 Å². The molecule has 1 unspecified atom stereocenters. The minimum Gasteiger partial charge on any atom is -0.328 e. The molecule has 0 bridgehead atoms. The first-order valence-electron chi connectivity index (χ1n) is 8.77. The van der Waals surface area contributed by atoms with Gasteiger partial charge in [-0.2, -0.15) is 0 Å². The third-order valence-corrected chi connectivity index (χ3v) is 4.99. The molecule has 1 aliphatic carbocycles. The molecule has 1 aromatic carbocycles. The average molecular weight is 455 g/mol. The predicted octanol–water partition coefficient (Wildman–Crippen LogP) is 4.46. The number of carbonyl (C=O) groups is 1. The van der Waals surface area contributed by atoms with Gasteiger partial charge in [0.25, 0.3) is 0 Å². The zero-order valence-corrected chi connectivity index (χ0v) is 16.7. The molecule has 0 saturated carbocycles. The number of benzene rings is 1. The van der Waals surface area contributed by atoms with Gasteiger partial charge in [-0.25, -0.2) is 4.39 Å². The van der Waals surface area contributed by atoms with Crippen molar-refractivity contribution < 1.29 is 27.1 Å². The van der Waals surface area contributed by atoms with Gasteiger partial charge < -0.3 is 10.6 Å². The van der Waals surface area contributed by atoms with E-state index in [1.807, 2.05) is 0 Å². The highest BCUT2D eigenvalue weighted by Crippen LogP contribution is 2.45. The van der Waals surface area contributed by atoms with Crippen LogP contribution in [0.1, 0.15) is 24.8 Å². The van der Waals surface area contributed by atoms with Gasteiger partial charge in [0, 0.05) is 24.1 Å². The lowest BCUT2D eigenvalue weighted by atomic mass is 9.92. The first kappa shape index (κ1) is 23.7. The van der Waals surface area contributed by atoms with E-state index >= 15 is 0 Å². The zero-order chi connectivity index (χ0) is 20.4. The number of hydrogen-bond donors (Lipinski definition) is 2. The Balaban J connectivity index is 0.00000300. The lowest BCUT2D eigenvalue weighted by Crippen LogP contribution is -2.49. The number of ether oxygens (including phenoxy) is 1. The van der Waals surface area contributed by atoms with E-state index in [0.717, 1.165) is 0 Å². The van der Waals surface area contributed by atoms with E-state index in [9.17, 15) is 22.4 Å². The molecule has 0 spiro atoms. The number of rotatable bonds is 4. The van der Waals surface area contributed by atoms with Gasteiger partial charge in [0.05, 0.1) is 6.04 Å². The number of carbonyl (C=O) groups excluding carboxylic acids is 1. The molecule has 2 N–H and O–H groups in total. The molecule has 160 valence electrons. The maximum Gasteiger partial charge on any atom is 0.524 e. The fraction of sp³-hybridized carbons (Fsp3) is 0.421. The molecule has 4 nitrogen and oxygen atoms in total. The van der Waals surface area contributed by atoms with Crippen molar-refractivity contribution in [2.45, 2.75) is 42.9 Å². The summed E-state index contributed by atoms with van der Waals surface area (Å²) in [4.78, 5) is 12.4. The van der Waals surface area contributed by atoms with E-state index in [1.54, 1.807) is 30.3 Å². The second kappa shape index (κ2) is 9.47. The Hall–Kier alpha value is -1.61. The number of hydrogen-bond acceptors (Lipinski definition) is 3. The first-order chi connectivity index (χ1) is 13.2. The second-order valence-electron chi connectivity index (χ2n) is 6.71. The summed E-state index contributed by atoms with van der Waals surface area (Å²) in [6.45, 7) is 0.354. The molecule has 1 aliphatic heterocycles. The van der Waals surface area contributed by atoms with Crippen molar-refractivity contribution in [2.24, 2.45) is 0 Å². The van der Waals surface area contributed by atoms with E-state index in [0.29, 0.717) is 18.5 Å². The van der Waals surface area contributed by atoms with Gasteiger partial charge in [-0.05, 0) is 24.6 Å². The van der Waals surface area contributed by atoms with E-state index < -0.39 is 36.0 Å². The van der Waals surface area contributed by atoms with Crippen LogP contribution in [0.25, 0.3) is 5.57 Å². The zero-order valence-electron chi connectivity index (χ0n) is 15.1. The smallest absolute Gasteiger partial charge is 0.328 e. The molecule has 3 rings (SSSR count). The predicted molar refractivity (Wildman–Crippen MR) is 104 cm³/mol. The van der Waals surface area contributed by atoms with Crippen LogP contribution in [0.4, 0.5) is 17.6 Å². The number of alkyl halides is 5. The van der Waals surface area contributed by atoms with Gasteiger partial charge in [0.1, 0.15) is 6.17 Å². The summed E-state index contributed by atoms with van der Waals surface area (Å²) in [7, 11) is 0. The van der Waals surface area contributed by atoms with E-state index in [-0.39, 0.29) is 30.1 Å². The molecular weight excluding hydrogens is 435 g/mol. The van der Waals surface area contributed by atoms with Crippen LogP contribution in [-0.4, -0.2) is 36.1 Å². The van der Waals surface area contributed by atoms with Gasteiger partial charge in [0.2, 0.25) is 5.91 Å². The third kappa shape index (κ3) is 6.18. The molecule has 1 fully saturated rings. The number of piperidine rings is 1. The van der Waals surface area contributed by atoms with Crippen LogP contribution in [-0.2, 0) is 9.53 Å². The fourth-order valence-corrected chi connectivity index (χ4v) is 3.72. The van der Waals surface area contributed by atoms with Crippen LogP contribution in [0.15, 0.2) is 48.2 Å². The standard InChI is InChI=1S/C19H19ClF4N2O2.ClH/c20-18(28-19(22,23)24)11-14(6-7-15(18)12-4-2-1-3-5-12)26-17(27)16-10-13(21)8-9-25-16;/h1-7,13,16,25H,8-11H2,(H,26,27);1H/t13-,16-,18?;/m1./s1. The Morgan fingerprint density at radius 1 is 1.24 bits per heavy atom. The summed E-state index contributed by atoms with van der Waals surface area (Å²) < 4.78 is 56.8. The van der Waals surface area contributed by atoms with Crippen molar-refractivity contribution in [1.82, 2.24) is 10.6 Å². The van der Waals surface area contributed by atoms with Crippen LogP contribution in [0, 0.1) is 0 Å². The van der Waals surface area contributed by atoms with E-state index in [4.69, 9.17) is 11.6 Å². The minimum absolute atomic E-state index is 0. The lowest BCUT2D eigenvalue weighted by Gasteiger charge is -2.34. The van der Waals surface area contributed by atoms with Crippen molar-refractivity contribution >= 4 is 35.5 Å². The van der Waals surface area contributed by atoms with Crippen molar-refractivity contribution in [2.75, 3.05) is 6.54 Å². The van der Waals surface area contributed by atoms with Crippen LogP contribution >= 0.6 is 24.0 Å². The Bertz CT molecular complexity index is 786. The maximum atomic E-state index is 13.5. The lowest BCUT2D eigenvalue weighted by molar-refractivity contribution is -0.342. The van der Waals surface area contributed by atoms with Gasteiger partial charge in [-0.3, -0.25) is 9.53 Å². The summed E-state index contributed by atoms with van der Waals surface area (Å²) in [6.07, 6.45) is -3.28. The molecule has 1 aromatic rings. The topological polar surface area (TPSA) is 50.4 Å². The Kier molecular flexibility index (Phi) is 7.73. The van der Waals surface area contributed by atoms with Crippen LogP contribution in [0.2, 0.25) is 0 Å². The largest absolute Gasteiger partial charge is 0.524 e. The normalized spacial score (nSPS) is 27.3. The fourth-order valence-electron chi connectivity index (χ4n) is 3.31. The highest BCUT2D eigenvalue weighted by Gasteiger charge is 2.47. The van der Waals surface area contributed by atoms with Crippen molar-refractivity contribution in [3.63, 3.8) is 0 Å². The molecule has 2 aliphatic rings. The van der Waals surface area contributed by atoms with Crippen molar-refractivity contribution in [3.05, 3.63) is 53.7 Å². The van der Waals surface area contributed by atoms with Crippen molar-refractivity contribution in [1.29, 1.82) is 0 Å². The molecule has 1 saturated heterocycles. The van der Waals surface area contributed by atoms with Gasteiger partial charge in [0.15, 0.2) is 5.06 Å². The summed E-state index contributed by atoms with van der Waals surface area (Å²) in [5.41, 5.74) is 0.758. The summed E-state index contributed by atoms with van der Waals surface area (Å²) in [5, 5.41) is 3.20. The summed E-state index contributed by atoms with van der Waals surface area (Å²) in [5.74, 6) is -0.517. The number of nitrogens with one attached hydrogen (secondary N) is 2. The van der Waals surface area contributed by atoms with Crippen LogP contribution in [0.5, 0.6) is 0 Å². The molecular formula is C19H20Cl2F4N2O2. The Morgan fingerprint density at radius 2 is 1.93 bits per heavy atom. The Labute approximate surface area is 176 Å². The second-order valence-corrected chi connectivity index (χ2v) is 7.32. The molecule has 1 amide bonds. The van der Waals surface area contributed by atoms with Crippen LogP contribution < -0.4 is 10.6 Å². The summed E-state index contributed by atoms with van der Waals surface area (Å²) in [6, 6.07) is 7.55. The highest BCUT2D eigenvalue weighted by molar-refractivity contribution is 6.29. The molecule has 1 heterocycles. The molecule has 3 atom stereocenters. The summed E-state index contributed by atoms with van der Waals surface area (Å²) >= 11 is 6.27. The SMILES string of the molecule is Cl.O=C(NC1=CC=C(c2ccccc2)C(Cl)(OC(F)(F)F)C1)[C@H]1C[C@H](F)CCN1. The molecule has 29 heavy (non-hydrogen) atoms. The third-order valence-electron chi connectivity index (χ3n) is 4.57. The highest BCUT2D eigenvalue weighted by atomic mass is 35.5. The van der Waals surface area contributed by atoms with Gasteiger partial charge in [-0.15, -0.1) is 25.6 Å². The number of halogens is 6. The molecule has 0 radical (unpaired) electrons. The first-order valence-corrected chi connectivity index (χ1v) is 9.15. The number of allylic oxidation sites excluding steroid dienone is 2. The van der Waals surface area contributed by atoms with Gasteiger partial charge in [-0.1, -0.05) is 48.0 Å². The van der Waals surface area contributed by atoms with Crippen LogP contribution in [0.3, 0.4) is 0 Å².